The molecule has 10 nitrogen and oxygen atoms in total. The molecule has 0 aliphatic rings. The molecule has 1 amide bonds. The molecule has 0 aliphatic carbocycles. The summed E-state index contributed by atoms with van der Waals surface area (Å²) in [6.07, 6.45) is 1.61. The number of aromatic nitrogens is 5. The fourth-order valence-electron chi connectivity index (χ4n) is 2.36. The van der Waals surface area contributed by atoms with Crippen molar-refractivity contribution in [2.45, 2.75) is 5.16 Å². The van der Waals surface area contributed by atoms with Crippen LogP contribution in [0.4, 0.5) is 10.8 Å². The van der Waals surface area contributed by atoms with E-state index in [2.05, 4.69) is 25.6 Å². The number of nitro benzene ring substituents is 1. The molecule has 1 N–H and O–H groups in total. The van der Waals surface area contributed by atoms with E-state index in [9.17, 15) is 14.9 Å². The van der Waals surface area contributed by atoms with Crippen LogP contribution in [0.1, 0.15) is 0 Å². The highest BCUT2D eigenvalue weighted by Gasteiger charge is 2.13. The first kappa shape index (κ1) is 18.0. The molecule has 0 spiro atoms. The highest BCUT2D eigenvalue weighted by Crippen LogP contribution is 2.24. The molecule has 0 atom stereocenters. The van der Waals surface area contributed by atoms with Gasteiger partial charge in [0.1, 0.15) is 0 Å². The Bertz CT molecular complexity index is 1160. The number of amides is 1. The molecule has 0 aliphatic heterocycles. The van der Waals surface area contributed by atoms with E-state index in [4.69, 9.17) is 0 Å². The van der Waals surface area contributed by atoms with Gasteiger partial charge in [-0.3, -0.25) is 14.9 Å². The molecule has 0 radical (unpaired) electrons. The van der Waals surface area contributed by atoms with Gasteiger partial charge in [-0.15, -0.1) is 21.5 Å². The van der Waals surface area contributed by atoms with E-state index in [0.717, 1.165) is 0 Å². The Morgan fingerprint density at radius 1 is 1.29 bits per heavy atom. The van der Waals surface area contributed by atoms with Gasteiger partial charge in [-0.2, -0.15) is 9.61 Å². The van der Waals surface area contributed by atoms with E-state index < -0.39 is 4.92 Å². The number of anilines is 1. The highest BCUT2D eigenvalue weighted by molar-refractivity contribution is 7.99. The van der Waals surface area contributed by atoms with Crippen LogP contribution in [-0.2, 0) is 4.79 Å². The fourth-order valence-corrected chi connectivity index (χ4v) is 3.60. The van der Waals surface area contributed by atoms with E-state index in [-0.39, 0.29) is 17.3 Å². The lowest BCUT2D eigenvalue weighted by Crippen LogP contribution is -2.14. The predicted octanol–water partition coefficient (Wildman–Crippen LogP) is 2.89. The molecular formula is C16H11N7O3S2. The predicted molar refractivity (Wildman–Crippen MR) is 104 cm³/mol. The Kier molecular flexibility index (Phi) is 4.95. The van der Waals surface area contributed by atoms with Crippen molar-refractivity contribution in [1.82, 2.24) is 24.8 Å². The summed E-state index contributed by atoms with van der Waals surface area (Å²) in [6.45, 7) is 0. The zero-order valence-corrected chi connectivity index (χ0v) is 15.7. The molecule has 0 bridgehead atoms. The third kappa shape index (κ3) is 3.82. The summed E-state index contributed by atoms with van der Waals surface area (Å²) >= 11 is 2.52. The third-order valence-electron chi connectivity index (χ3n) is 3.60. The van der Waals surface area contributed by atoms with Crippen LogP contribution in [0.5, 0.6) is 0 Å². The van der Waals surface area contributed by atoms with Gasteiger partial charge >= 0.3 is 0 Å². The van der Waals surface area contributed by atoms with Gasteiger partial charge in [0.05, 0.1) is 16.4 Å². The molecule has 1 aromatic carbocycles. The number of thioether (sulfide) groups is 1. The number of hydrogen-bond acceptors (Lipinski definition) is 9. The van der Waals surface area contributed by atoms with Crippen molar-refractivity contribution >= 4 is 45.5 Å². The number of carbonyl (C=O) groups is 1. The van der Waals surface area contributed by atoms with Crippen LogP contribution < -0.4 is 5.32 Å². The molecule has 4 rings (SSSR count). The summed E-state index contributed by atoms with van der Waals surface area (Å²) in [5.41, 5.74) is 1.63. The Hall–Kier alpha value is -3.38. The monoisotopic (exact) mass is 413 g/mol. The van der Waals surface area contributed by atoms with Gasteiger partial charge < -0.3 is 5.32 Å². The molecule has 3 heterocycles. The highest BCUT2D eigenvalue weighted by atomic mass is 32.2. The molecule has 0 unspecified atom stereocenters. The van der Waals surface area contributed by atoms with Crippen LogP contribution in [0.3, 0.4) is 0 Å². The normalized spacial score (nSPS) is 10.9. The Morgan fingerprint density at radius 3 is 2.96 bits per heavy atom. The molecular weight excluding hydrogens is 402 g/mol. The number of benzene rings is 1. The van der Waals surface area contributed by atoms with Crippen LogP contribution >= 0.6 is 23.1 Å². The molecule has 3 aromatic heterocycles. The van der Waals surface area contributed by atoms with E-state index in [0.29, 0.717) is 27.2 Å². The number of nitrogens with zero attached hydrogens (tertiary/aromatic N) is 6. The van der Waals surface area contributed by atoms with Crippen molar-refractivity contribution in [1.29, 1.82) is 0 Å². The standard InChI is InChI=1S/C16H11N7O3S2/c24-14(18-15-17-6-7-27-15)9-28-16-20-19-13-5-4-12(21-22(13)16)10-2-1-3-11(8-10)23(25)26/h1-8H,9H2,(H,17,18,24). The molecule has 4 aromatic rings. The summed E-state index contributed by atoms with van der Waals surface area (Å²) in [5.74, 6) is -0.102. The van der Waals surface area contributed by atoms with E-state index in [1.54, 1.807) is 35.8 Å². The molecule has 0 saturated carbocycles. The van der Waals surface area contributed by atoms with Gasteiger partial charge in [-0.25, -0.2) is 4.98 Å². The summed E-state index contributed by atoms with van der Waals surface area (Å²) in [5, 5.41) is 29.0. The van der Waals surface area contributed by atoms with Crippen molar-refractivity contribution in [3.05, 3.63) is 58.1 Å². The van der Waals surface area contributed by atoms with Crippen molar-refractivity contribution < 1.29 is 9.72 Å². The van der Waals surface area contributed by atoms with Crippen molar-refractivity contribution in [2.75, 3.05) is 11.1 Å². The topological polar surface area (TPSA) is 128 Å². The maximum absolute atomic E-state index is 12.0. The third-order valence-corrected chi connectivity index (χ3v) is 5.21. The van der Waals surface area contributed by atoms with Crippen LogP contribution in [0, 0.1) is 10.1 Å². The maximum Gasteiger partial charge on any atom is 0.270 e. The number of fused-ring (bicyclic) bond motifs is 1. The Morgan fingerprint density at radius 2 is 2.18 bits per heavy atom. The van der Waals surface area contributed by atoms with Gasteiger partial charge in [0.2, 0.25) is 11.1 Å². The molecule has 12 heteroatoms. The number of rotatable bonds is 6. The zero-order valence-electron chi connectivity index (χ0n) is 14.1. The number of thiazole rings is 1. The lowest BCUT2D eigenvalue weighted by Gasteiger charge is -2.03. The van der Waals surface area contributed by atoms with Gasteiger partial charge in [0.15, 0.2) is 10.8 Å². The van der Waals surface area contributed by atoms with Crippen LogP contribution in [0.25, 0.3) is 16.9 Å². The average molecular weight is 413 g/mol. The van der Waals surface area contributed by atoms with Crippen molar-refractivity contribution in [3.8, 4) is 11.3 Å². The maximum atomic E-state index is 12.0. The van der Waals surface area contributed by atoms with E-state index >= 15 is 0 Å². The van der Waals surface area contributed by atoms with Gasteiger partial charge in [0, 0.05) is 29.3 Å². The first-order valence-corrected chi connectivity index (χ1v) is 9.76. The minimum absolute atomic E-state index is 0.0170. The van der Waals surface area contributed by atoms with Gasteiger partial charge in [-0.1, -0.05) is 23.9 Å². The lowest BCUT2D eigenvalue weighted by atomic mass is 10.1. The second kappa shape index (κ2) is 7.70. The first-order valence-electron chi connectivity index (χ1n) is 7.89. The Balaban J connectivity index is 1.55. The van der Waals surface area contributed by atoms with Crippen LogP contribution in [0.15, 0.2) is 53.1 Å². The van der Waals surface area contributed by atoms with Crippen molar-refractivity contribution in [2.24, 2.45) is 0 Å². The summed E-state index contributed by atoms with van der Waals surface area (Å²) < 4.78 is 1.51. The molecule has 0 saturated heterocycles. The lowest BCUT2D eigenvalue weighted by molar-refractivity contribution is -0.384. The zero-order chi connectivity index (χ0) is 19.5. The minimum atomic E-state index is -0.455. The van der Waals surface area contributed by atoms with Gasteiger partial charge in [0.25, 0.3) is 5.69 Å². The number of non-ortho nitro benzene ring substituents is 1. The number of nitro groups is 1. The largest absolute Gasteiger partial charge is 0.301 e. The van der Waals surface area contributed by atoms with Gasteiger partial charge in [-0.05, 0) is 12.1 Å². The van der Waals surface area contributed by atoms with Crippen LogP contribution in [0.2, 0.25) is 0 Å². The molecule has 28 heavy (non-hydrogen) atoms. The number of hydrogen-bond donors (Lipinski definition) is 1. The van der Waals surface area contributed by atoms with Crippen LogP contribution in [-0.4, -0.2) is 41.4 Å². The summed E-state index contributed by atoms with van der Waals surface area (Å²) in [6, 6.07) is 9.64. The second-order valence-electron chi connectivity index (χ2n) is 5.45. The number of nitrogens with one attached hydrogen (secondary N) is 1. The number of carbonyl (C=O) groups excluding carboxylic acids is 1. The second-order valence-corrected chi connectivity index (χ2v) is 7.29. The quantitative estimate of drug-likeness (QED) is 0.290. The van der Waals surface area contributed by atoms with E-state index in [1.807, 2.05) is 0 Å². The SMILES string of the molecule is O=C(CSc1nnc2ccc(-c3cccc([N+](=O)[O-])c3)nn12)Nc1nccs1. The minimum Gasteiger partial charge on any atom is -0.301 e. The summed E-state index contributed by atoms with van der Waals surface area (Å²) in [4.78, 5) is 26.6. The Labute approximate surface area is 165 Å². The molecule has 140 valence electrons. The average Bonchev–Trinajstić information content (AvgIpc) is 3.35. The molecule has 0 fully saturated rings. The van der Waals surface area contributed by atoms with Crippen molar-refractivity contribution in [3.63, 3.8) is 0 Å². The first-order chi connectivity index (χ1) is 13.6. The van der Waals surface area contributed by atoms with E-state index in [1.165, 1.54) is 39.7 Å². The smallest absolute Gasteiger partial charge is 0.270 e. The fraction of sp³-hybridized carbons (Fsp3) is 0.0625. The summed E-state index contributed by atoms with van der Waals surface area (Å²) in [7, 11) is 0.